The average molecular weight is 427 g/mol. The Balaban J connectivity index is 1.73. The van der Waals surface area contributed by atoms with Crippen molar-refractivity contribution < 1.29 is 9.26 Å². The molecule has 0 aliphatic carbocycles. The van der Waals surface area contributed by atoms with Crippen LogP contribution < -0.4 is 10.5 Å². The summed E-state index contributed by atoms with van der Waals surface area (Å²) >= 11 is 3.40. The number of aromatic nitrogens is 5. The number of nitrogen functional groups attached to an aromatic ring is 1. The summed E-state index contributed by atoms with van der Waals surface area (Å²) < 4.78 is 13.2. The third-order valence-corrected chi connectivity index (χ3v) is 4.53. The Bertz CT molecular complexity index is 1100. The molecule has 27 heavy (non-hydrogen) atoms. The number of hydrogen-bond donors (Lipinski definition) is 1. The van der Waals surface area contributed by atoms with Gasteiger partial charge in [-0.1, -0.05) is 32.4 Å². The first kappa shape index (κ1) is 17.2. The summed E-state index contributed by atoms with van der Waals surface area (Å²) in [5.41, 5.74) is 9.11. The number of anilines is 1. The van der Waals surface area contributed by atoms with Crippen molar-refractivity contribution in [3.05, 3.63) is 52.5 Å². The molecule has 0 amide bonds. The van der Waals surface area contributed by atoms with E-state index in [0.717, 1.165) is 15.6 Å². The Morgan fingerprint density at radius 1 is 1.15 bits per heavy atom. The number of nitrogens with zero attached hydrogens (tertiary/aromatic N) is 5. The molecule has 0 bridgehead atoms. The molecule has 9 heteroatoms. The minimum atomic E-state index is 0.197. The van der Waals surface area contributed by atoms with Gasteiger partial charge in [-0.25, -0.2) is 0 Å². The number of ether oxygens (including phenoxy) is 1. The summed E-state index contributed by atoms with van der Waals surface area (Å²) in [6, 6.07) is 13.3. The van der Waals surface area contributed by atoms with Gasteiger partial charge in [0.15, 0.2) is 11.5 Å². The van der Waals surface area contributed by atoms with Crippen molar-refractivity contribution in [1.29, 1.82) is 0 Å². The van der Waals surface area contributed by atoms with Gasteiger partial charge in [0.1, 0.15) is 11.4 Å². The lowest BCUT2D eigenvalue weighted by molar-refractivity contribution is 0.411. The summed E-state index contributed by atoms with van der Waals surface area (Å²) in [5.74, 6) is 1.55. The van der Waals surface area contributed by atoms with Gasteiger partial charge in [0.2, 0.25) is 5.82 Å². The molecule has 8 nitrogen and oxygen atoms in total. The molecule has 0 fully saturated rings. The van der Waals surface area contributed by atoms with Gasteiger partial charge in [-0.15, -0.1) is 5.10 Å². The Morgan fingerprint density at radius 2 is 1.93 bits per heavy atom. The number of rotatable bonds is 4. The summed E-state index contributed by atoms with van der Waals surface area (Å²) in [4.78, 5) is 4.39. The number of methoxy groups -OCH3 is 1. The average Bonchev–Trinajstić information content (AvgIpc) is 3.29. The van der Waals surface area contributed by atoms with Crippen LogP contribution in [0.15, 0.2) is 51.5 Å². The second kappa shape index (κ2) is 6.84. The number of nitrogens with two attached hydrogens (primary N) is 1. The van der Waals surface area contributed by atoms with Crippen LogP contribution in [0.25, 0.3) is 28.7 Å². The van der Waals surface area contributed by atoms with Gasteiger partial charge in [-0.05, 0) is 48.9 Å². The van der Waals surface area contributed by atoms with Crippen molar-refractivity contribution in [1.82, 2.24) is 25.1 Å². The van der Waals surface area contributed by atoms with E-state index in [1.165, 1.54) is 4.68 Å². The highest BCUT2D eigenvalue weighted by molar-refractivity contribution is 9.10. The molecule has 0 aliphatic rings. The Labute approximate surface area is 163 Å². The van der Waals surface area contributed by atoms with Crippen LogP contribution in [-0.4, -0.2) is 32.2 Å². The van der Waals surface area contributed by atoms with Crippen molar-refractivity contribution in [2.24, 2.45) is 0 Å². The van der Waals surface area contributed by atoms with Crippen LogP contribution in [0.1, 0.15) is 5.56 Å². The van der Waals surface area contributed by atoms with E-state index in [9.17, 15) is 0 Å². The SMILES string of the molecule is COc1ccc(C)cc1-n1nnc(-c2nc(-c3ccc(Br)cc3)no2)c1N. The van der Waals surface area contributed by atoms with Gasteiger partial charge in [0, 0.05) is 10.0 Å². The van der Waals surface area contributed by atoms with Crippen molar-refractivity contribution in [3.8, 4) is 34.4 Å². The lowest BCUT2D eigenvalue weighted by Gasteiger charge is -2.09. The molecular weight excluding hydrogens is 412 g/mol. The minimum Gasteiger partial charge on any atom is -0.494 e. The van der Waals surface area contributed by atoms with E-state index in [0.29, 0.717) is 23.0 Å². The molecule has 4 aromatic rings. The van der Waals surface area contributed by atoms with E-state index < -0.39 is 0 Å². The van der Waals surface area contributed by atoms with Gasteiger partial charge in [-0.3, -0.25) is 0 Å². The fourth-order valence-corrected chi connectivity index (χ4v) is 2.89. The van der Waals surface area contributed by atoms with Gasteiger partial charge in [0.25, 0.3) is 5.89 Å². The van der Waals surface area contributed by atoms with Crippen LogP contribution in [0.2, 0.25) is 0 Å². The topological polar surface area (TPSA) is 105 Å². The van der Waals surface area contributed by atoms with E-state index in [2.05, 4.69) is 36.4 Å². The first-order chi connectivity index (χ1) is 13.1. The maximum atomic E-state index is 6.26. The highest BCUT2D eigenvalue weighted by Gasteiger charge is 2.21. The zero-order chi connectivity index (χ0) is 19.0. The van der Waals surface area contributed by atoms with E-state index in [1.807, 2.05) is 49.4 Å². The summed E-state index contributed by atoms with van der Waals surface area (Å²) in [5, 5.41) is 12.3. The second-order valence-electron chi connectivity index (χ2n) is 5.84. The van der Waals surface area contributed by atoms with Crippen molar-refractivity contribution in [3.63, 3.8) is 0 Å². The highest BCUT2D eigenvalue weighted by atomic mass is 79.9. The minimum absolute atomic E-state index is 0.197. The number of benzene rings is 2. The van der Waals surface area contributed by atoms with Gasteiger partial charge in [0.05, 0.1) is 7.11 Å². The van der Waals surface area contributed by atoms with Gasteiger partial charge < -0.3 is 15.0 Å². The summed E-state index contributed by atoms with van der Waals surface area (Å²) in [6.07, 6.45) is 0. The van der Waals surface area contributed by atoms with Crippen molar-refractivity contribution in [2.75, 3.05) is 12.8 Å². The number of hydrogen-bond acceptors (Lipinski definition) is 7. The molecule has 2 N–H and O–H groups in total. The molecule has 0 unspecified atom stereocenters. The Kier molecular flexibility index (Phi) is 4.36. The van der Waals surface area contributed by atoms with Crippen LogP contribution in [0, 0.1) is 6.92 Å². The van der Waals surface area contributed by atoms with Crippen LogP contribution in [0.3, 0.4) is 0 Å². The lowest BCUT2D eigenvalue weighted by atomic mass is 10.2. The number of aryl methyl sites for hydroxylation is 1. The van der Waals surface area contributed by atoms with Crippen LogP contribution in [-0.2, 0) is 0 Å². The predicted molar refractivity (Wildman–Crippen MR) is 103 cm³/mol. The third kappa shape index (κ3) is 3.17. The Hall–Kier alpha value is -3.20. The van der Waals surface area contributed by atoms with Crippen molar-refractivity contribution in [2.45, 2.75) is 6.92 Å². The zero-order valence-electron chi connectivity index (χ0n) is 14.5. The molecule has 0 saturated carbocycles. The molecule has 0 atom stereocenters. The molecule has 0 radical (unpaired) electrons. The molecule has 0 aliphatic heterocycles. The van der Waals surface area contributed by atoms with Crippen LogP contribution >= 0.6 is 15.9 Å². The van der Waals surface area contributed by atoms with E-state index in [-0.39, 0.29) is 11.7 Å². The first-order valence-electron chi connectivity index (χ1n) is 8.03. The largest absolute Gasteiger partial charge is 0.494 e. The molecule has 2 heterocycles. The molecule has 4 rings (SSSR count). The van der Waals surface area contributed by atoms with E-state index >= 15 is 0 Å². The lowest BCUT2D eigenvalue weighted by Crippen LogP contribution is -2.04. The van der Waals surface area contributed by atoms with Crippen LogP contribution in [0.4, 0.5) is 5.82 Å². The summed E-state index contributed by atoms with van der Waals surface area (Å²) in [6.45, 7) is 1.97. The molecular formula is C18H15BrN6O2. The monoisotopic (exact) mass is 426 g/mol. The van der Waals surface area contributed by atoms with Crippen molar-refractivity contribution >= 4 is 21.7 Å². The second-order valence-corrected chi connectivity index (χ2v) is 6.76. The smallest absolute Gasteiger partial charge is 0.282 e. The maximum absolute atomic E-state index is 6.26. The molecule has 0 spiro atoms. The quantitative estimate of drug-likeness (QED) is 0.530. The fraction of sp³-hybridized carbons (Fsp3) is 0.111. The molecule has 2 aromatic carbocycles. The summed E-state index contributed by atoms with van der Waals surface area (Å²) in [7, 11) is 1.59. The predicted octanol–water partition coefficient (Wildman–Crippen LogP) is 3.65. The fourth-order valence-electron chi connectivity index (χ4n) is 2.62. The van der Waals surface area contributed by atoms with E-state index in [1.54, 1.807) is 7.11 Å². The van der Waals surface area contributed by atoms with Gasteiger partial charge in [-0.2, -0.15) is 9.67 Å². The number of halogens is 1. The molecule has 2 aromatic heterocycles. The normalized spacial score (nSPS) is 10.9. The third-order valence-electron chi connectivity index (χ3n) is 4.00. The molecule has 0 saturated heterocycles. The van der Waals surface area contributed by atoms with Gasteiger partial charge >= 0.3 is 0 Å². The van der Waals surface area contributed by atoms with E-state index in [4.69, 9.17) is 15.0 Å². The molecule has 136 valence electrons. The Morgan fingerprint density at radius 3 is 2.67 bits per heavy atom. The maximum Gasteiger partial charge on any atom is 0.282 e. The first-order valence-corrected chi connectivity index (χ1v) is 8.82. The van der Waals surface area contributed by atoms with Crippen LogP contribution in [0.5, 0.6) is 5.75 Å². The highest BCUT2D eigenvalue weighted by Crippen LogP contribution is 2.30. The standard InChI is InChI=1S/C18H15BrN6O2/c1-10-3-8-14(26-2)13(9-10)25-16(20)15(22-24-25)18-21-17(23-27-18)11-4-6-12(19)7-5-11/h3-9H,20H2,1-2H3. The zero-order valence-corrected chi connectivity index (χ0v) is 16.1.